The highest BCUT2D eigenvalue weighted by Crippen LogP contribution is 2.70. The Morgan fingerprint density at radius 2 is 1.72 bits per heavy atom. The summed E-state index contributed by atoms with van der Waals surface area (Å²) in [5.41, 5.74) is 7.50. The van der Waals surface area contributed by atoms with Gasteiger partial charge in [-0.15, -0.1) is 0 Å². The van der Waals surface area contributed by atoms with Crippen molar-refractivity contribution in [1.29, 1.82) is 0 Å². The van der Waals surface area contributed by atoms with Gasteiger partial charge < -0.3 is 15.9 Å². The van der Waals surface area contributed by atoms with E-state index in [-0.39, 0.29) is 11.5 Å². The maximum atomic E-state index is 11.4. The van der Waals surface area contributed by atoms with E-state index in [4.69, 9.17) is 10.8 Å². The highest BCUT2D eigenvalue weighted by Gasteiger charge is 2.65. The molecule has 0 radical (unpaired) electrons. The minimum Gasteiger partial charge on any atom is -0.516 e. The monoisotopic (exact) mass is 405 g/mol. The number of aliphatic hydroxyl groups is 2. The second-order valence-electron chi connectivity index (χ2n) is 11.7. The van der Waals surface area contributed by atoms with Crippen LogP contribution >= 0.6 is 0 Å². The molecule has 0 aromatic carbocycles. The Morgan fingerprint density at radius 3 is 2.38 bits per heavy atom. The van der Waals surface area contributed by atoms with E-state index in [0.717, 1.165) is 30.9 Å². The summed E-state index contributed by atoms with van der Waals surface area (Å²) in [6.07, 6.45) is 14.9. The molecule has 0 amide bonds. The fraction of sp³-hybridized carbons (Fsp3) is 0.923. The van der Waals surface area contributed by atoms with Crippen LogP contribution < -0.4 is 5.73 Å². The third kappa shape index (κ3) is 3.69. The second kappa shape index (κ2) is 8.54. The molecule has 4 rings (SSSR count). The van der Waals surface area contributed by atoms with E-state index in [2.05, 4.69) is 34.3 Å². The maximum absolute atomic E-state index is 11.4. The lowest BCUT2D eigenvalue weighted by Gasteiger charge is -2.66. The normalized spacial score (nSPS) is 51.1. The van der Waals surface area contributed by atoms with E-state index in [1.54, 1.807) is 0 Å². The van der Waals surface area contributed by atoms with Crippen molar-refractivity contribution in [1.82, 2.24) is 0 Å². The fourth-order valence-corrected chi connectivity index (χ4v) is 8.76. The maximum Gasteiger partial charge on any atom is 0.0719 e. The largest absolute Gasteiger partial charge is 0.516 e. The average molecular weight is 406 g/mol. The molecule has 4 aliphatic carbocycles. The first-order valence-electron chi connectivity index (χ1n) is 12.4. The number of rotatable bonds is 3. The van der Waals surface area contributed by atoms with Gasteiger partial charge in [0.05, 0.1) is 12.4 Å². The lowest BCUT2D eigenvalue weighted by atomic mass is 9.39. The predicted octanol–water partition coefficient (Wildman–Crippen LogP) is 6.21. The summed E-state index contributed by atoms with van der Waals surface area (Å²) in [6.45, 7) is 12.9. The highest BCUT2D eigenvalue weighted by molar-refractivity contribution is 5.14. The van der Waals surface area contributed by atoms with Crippen molar-refractivity contribution >= 4 is 0 Å². The lowest BCUT2D eigenvalue weighted by molar-refractivity contribution is -0.199. The van der Waals surface area contributed by atoms with Crippen LogP contribution in [-0.2, 0) is 0 Å². The molecule has 9 atom stereocenters. The van der Waals surface area contributed by atoms with Crippen molar-refractivity contribution in [3.63, 3.8) is 0 Å². The van der Waals surface area contributed by atoms with Crippen molar-refractivity contribution in [2.24, 2.45) is 45.7 Å². The molecule has 3 nitrogen and oxygen atoms in total. The molecule has 0 spiro atoms. The van der Waals surface area contributed by atoms with Gasteiger partial charge in [-0.3, -0.25) is 0 Å². The molecular formula is C26H47NO2. The Balaban J connectivity index is 0.000000755. The summed E-state index contributed by atoms with van der Waals surface area (Å²) in [6, 6.07) is 0.343. The Kier molecular flexibility index (Phi) is 6.81. The van der Waals surface area contributed by atoms with Crippen LogP contribution in [0.4, 0.5) is 0 Å². The van der Waals surface area contributed by atoms with Gasteiger partial charge in [0.15, 0.2) is 0 Å². The smallest absolute Gasteiger partial charge is 0.0719 e. The molecule has 29 heavy (non-hydrogen) atoms. The number of fused-ring (bicyclic) bond motifs is 5. The standard InChI is InChI=1S/C24H43NO.C2H4O/c1-5-6-7-16-8-9-18-21-19(11-12-23(16,18)3)24(4)13-10-17(25)14-22(24,2)15-20(21)26;1-2-3/h16-21,26H,5-15,25H2,1-4H3;2-3H,1H2/t16-,17?,18?,19?,20+,21-,22-,23+,24+;/m0./s1. The molecule has 0 saturated heterocycles. The number of nitrogens with two attached hydrogens (primary N) is 1. The first-order valence-corrected chi connectivity index (χ1v) is 12.4. The van der Waals surface area contributed by atoms with Gasteiger partial charge in [0, 0.05) is 6.04 Å². The Bertz CT molecular complexity index is 579. The number of aliphatic hydroxyl groups excluding tert-OH is 2. The Hall–Kier alpha value is -0.540. The quantitative estimate of drug-likeness (QED) is 0.489. The topological polar surface area (TPSA) is 66.5 Å². The van der Waals surface area contributed by atoms with Crippen molar-refractivity contribution in [3.8, 4) is 0 Å². The van der Waals surface area contributed by atoms with Crippen molar-refractivity contribution in [2.45, 2.75) is 110 Å². The summed E-state index contributed by atoms with van der Waals surface area (Å²) in [4.78, 5) is 0. The number of unbranched alkanes of at least 4 members (excludes halogenated alkanes) is 1. The molecule has 168 valence electrons. The zero-order valence-corrected chi connectivity index (χ0v) is 19.5. The van der Waals surface area contributed by atoms with E-state index in [0.29, 0.717) is 28.7 Å². The molecule has 0 aromatic rings. The predicted molar refractivity (Wildman–Crippen MR) is 122 cm³/mol. The van der Waals surface area contributed by atoms with E-state index in [9.17, 15) is 5.11 Å². The van der Waals surface area contributed by atoms with Crippen LogP contribution in [0.5, 0.6) is 0 Å². The summed E-state index contributed by atoms with van der Waals surface area (Å²) in [7, 11) is 0. The van der Waals surface area contributed by atoms with Gasteiger partial charge >= 0.3 is 0 Å². The molecular weight excluding hydrogens is 358 g/mol. The van der Waals surface area contributed by atoms with Crippen LogP contribution in [0.2, 0.25) is 0 Å². The summed E-state index contributed by atoms with van der Waals surface area (Å²) in [5.74, 6) is 2.93. The van der Waals surface area contributed by atoms with Gasteiger partial charge in [0.25, 0.3) is 0 Å². The third-order valence-corrected chi connectivity index (χ3v) is 10.5. The summed E-state index contributed by atoms with van der Waals surface area (Å²) in [5, 5.41) is 18.7. The molecule has 0 heterocycles. The van der Waals surface area contributed by atoms with Gasteiger partial charge in [0.2, 0.25) is 0 Å². The number of hydrogen-bond donors (Lipinski definition) is 3. The molecule has 3 unspecified atom stereocenters. The Labute approximate surface area is 179 Å². The van der Waals surface area contributed by atoms with Gasteiger partial charge in [-0.2, -0.15) is 0 Å². The van der Waals surface area contributed by atoms with Gasteiger partial charge in [-0.1, -0.05) is 47.1 Å². The Morgan fingerprint density at radius 1 is 1.03 bits per heavy atom. The summed E-state index contributed by atoms with van der Waals surface area (Å²) >= 11 is 0. The van der Waals surface area contributed by atoms with Gasteiger partial charge in [-0.05, 0) is 97.7 Å². The molecule has 0 bridgehead atoms. The third-order valence-electron chi connectivity index (χ3n) is 10.5. The van der Waals surface area contributed by atoms with Gasteiger partial charge in [0.1, 0.15) is 0 Å². The van der Waals surface area contributed by atoms with Crippen LogP contribution in [-0.4, -0.2) is 22.4 Å². The molecule has 4 aliphatic rings. The van der Waals surface area contributed by atoms with E-state index >= 15 is 0 Å². The molecule has 4 fully saturated rings. The van der Waals surface area contributed by atoms with Gasteiger partial charge in [-0.25, -0.2) is 0 Å². The first-order chi connectivity index (χ1) is 13.7. The SMILES string of the molecule is C=CO.CCCC[C@H]1CCC2[C@H]3C(CC[C@@]21C)[C@@]1(C)CCC(N)C[C@@]1(C)C[C@H]3O. The fourth-order valence-electron chi connectivity index (χ4n) is 8.76. The molecule has 4 N–H and O–H groups in total. The van der Waals surface area contributed by atoms with Crippen molar-refractivity contribution in [3.05, 3.63) is 12.8 Å². The van der Waals surface area contributed by atoms with Crippen LogP contribution in [0.3, 0.4) is 0 Å². The van der Waals surface area contributed by atoms with Crippen LogP contribution in [0.1, 0.15) is 98.3 Å². The van der Waals surface area contributed by atoms with Crippen LogP contribution in [0.25, 0.3) is 0 Å². The van der Waals surface area contributed by atoms with Crippen molar-refractivity contribution in [2.75, 3.05) is 0 Å². The molecule has 3 heteroatoms. The second-order valence-corrected chi connectivity index (χ2v) is 11.7. The number of hydrogen-bond acceptors (Lipinski definition) is 3. The van der Waals surface area contributed by atoms with E-state index in [1.807, 2.05) is 0 Å². The zero-order valence-electron chi connectivity index (χ0n) is 19.5. The average Bonchev–Trinajstić information content (AvgIpc) is 2.98. The molecule has 0 aromatic heterocycles. The van der Waals surface area contributed by atoms with Crippen LogP contribution in [0.15, 0.2) is 12.8 Å². The molecule has 4 saturated carbocycles. The van der Waals surface area contributed by atoms with E-state index < -0.39 is 0 Å². The summed E-state index contributed by atoms with van der Waals surface area (Å²) < 4.78 is 0. The van der Waals surface area contributed by atoms with Crippen LogP contribution in [0, 0.1) is 39.9 Å². The highest BCUT2D eigenvalue weighted by atomic mass is 16.3. The molecule has 0 aliphatic heterocycles. The minimum atomic E-state index is -0.0991. The van der Waals surface area contributed by atoms with Crippen molar-refractivity contribution < 1.29 is 10.2 Å². The lowest BCUT2D eigenvalue weighted by Crippen LogP contribution is -2.62. The minimum absolute atomic E-state index is 0.0991. The van der Waals surface area contributed by atoms with E-state index in [1.165, 1.54) is 57.8 Å². The zero-order chi connectivity index (χ0) is 21.4. The first kappa shape index (κ1) is 23.1.